The van der Waals surface area contributed by atoms with Crippen LogP contribution in [0.1, 0.15) is 30.1 Å². The molecule has 4 rings (SSSR count). The lowest BCUT2D eigenvalue weighted by molar-refractivity contribution is -0.124. The van der Waals surface area contributed by atoms with Gasteiger partial charge in [0.2, 0.25) is 0 Å². The van der Waals surface area contributed by atoms with E-state index >= 15 is 0 Å². The number of para-hydroxylation sites is 1. The molecule has 1 aliphatic carbocycles. The van der Waals surface area contributed by atoms with E-state index in [1.54, 1.807) is 23.0 Å². The van der Waals surface area contributed by atoms with Crippen molar-refractivity contribution < 1.29 is 18.7 Å². The predicted molar refractivity (Wildman–Crippen MR) is 110 cm³/mol. The summed E-state index contributed by atoms with van der Waals surface area (Å²) in [5.74, 6) is -0.863. The van der Waals surface area contributed by atoms with Gasteiger partial charge in [-0.15, -0.1) is 0 Å². The molecule has 0 aliphatic heterocycles. The van der Waals surface area contributed by atoms with E-state index in [0.717, 1.165) is 18.5 Å². The van der Waals surface area contributed by atoms with Gasteiger partial charge in [0.15, 0.2) is 6.61 Å². The summed E-state index contributed by atoms with van der Waals surface area (Å²) in [7, 11) is 0. The van der Waals surface area contributed by atoms with Crippen molar-refractivity contribution in [1.29, 1.82) is 0 Å². The van der Waals surface area contributed by atoms with Gasteiger partial charge in [0.1, 0.15) is 17.1 Å². The third kappa shape index (κ3) is 4.56. The van der Waals surface area contributed by atoms with Crippen LogP contribution in [0.25, 0.3) is 16.9 Å². The molecule has 1 amide bonds. The number of nitrogens with zero attached hydrogens (tertiary/aromatic N) is 2. The molecular formula is C23H22FN3O3. The number of hydrogen-bond donors (Lipinski definition) is 1. The maximum Gasteiger partial charge on any atom is 0.342 e. The standard InChI is InChI=1S/C23H22FN3O3/c1-15(16-7-8-16)25-21(28)14-30-23(29)20-13-27(19-5-3-2-4-6-19)26-22(20)17-9-11-18(24)12-10-17/h2-6,9-13,15-16H,7-8,14H2,1H3,(H,25,28)/t15-/m0/s1. The molecule has 2 aromatic carbocycles. The van der Waals surface area contributed by atoms with Gasteiger partial charge in [-0.1, -0.05) is 18.2 Å². The van der Waals surface area contributed by atoms with Crippen molar-refractivity contribution in [2.75, 3.05) is 6.61 Å². The smallest absolute Gasteiger partial charge is 0.342 e. The highest BCUT2D eigenvalue weighted by Crippen LogP contribution is 2.32. The number of ether oxygens (including phenoxy) is 1. The molecule has 0 radical (unpaired) electrons. The van der Waals surface area contributed by atoms with Crippen molar-refractivity contribution in [2.24, 2.45) is 5.92 Å². The van der Waals surface area contributed by atoms with Crippen LogP contribution < -0.4 is 5.32 Å². The summed E-state index contributed by atoms with van der Waals surface area (Å²) in [5.41, 5.74) is 1.89. The molecule has 0 bridgehead atoms. The Bertz CT molecular complexity index is 1040. The van der Waals surface area contributed by atoms with Gasteiger partial charge in [-0.3, -0.25) is 4.79 Å². The van der Waals surface area contributed by atoms with Gasteiger partial charge in [-0.2, -0.15) is 5.10 Å². The fourth-order valence-corrected chi connectivity index (χ4v) is 3.28. The normalized spacial score (nSPS) is 14.2. The predicted octanol–water partition coefficient (Wildman–Crippen LogP) is 3.75. The molecule has 0 saturated heterocycles. The Morgan fingerprint density at radius 1 is 1.17 bits per heavy atom. The molecule has 7 heteroatoms. The number of carbonyl (C=O) groups excluding carboxylic acids is 2. The van der Waals surface area contributed by atoms with Gasteiger partial charge in [-0.05, 0) is 62.1 Å². The first-order valence-electron chi connectivity index (χ1n) is 9.89. The number of hydrogen-bond acceptors (Lipinski definition) is 4. The van der Waals surface area contributed by atoms with E-state index < -0.39 is 5.97 Å². The van der Waals surface area contributed by atoms with Gasteiger partial charge in [-0.25, -0.2) is 13.9 Å². The molecule has 1 fully saturated rings. The van der Waals surface area contributed by atoms with Crippen LogP contribution >= 0.6 is 0 Å². The fraction of sp³-hybridized carbons (Fsp3) is 0.261. The van der Waals surface area contributed by atoms with Gasteiger partial charge >= 0.3 is 5.97 Å². The van der Waals surface area contributed by atoms with E-state index in [1.807, 2.05) is 37.3 Å². The van der Waals surface area contributed by atoms with Crippen molar-refractivity contribution in [2.45, 2.75) is 25.8 Å². The quantitative estimate of drug-likeness (QED) is 0.606. The molecule has 1 atom stereocenters. The highest BCUT2D eigenvalue weighted by Gasteiger charge is 2.29. The van der Waals surface area contributed by atoms with Crippen LogP contribution in [0, 0.1) is 11.7 Å². The Morgan fingerprint density at radius 3 is 2.53 bits per heavy atom. The second-order valence-electron chi connectivity index (χ2n) is 7.45. The molecule has 0 spiro atoms. The zero-order valence-corrected chi connectivity index (χ0v) is 16.5. The highest BCUT2D eigenvalue weighted by molar-refractivity contribution is 5.97. The zero-order chi connectivity index (χ0) is 21.1. The minimum absolute atomic E-state index is 0.0757. The summed E-state index contributed by atoms with van der Waals surface area (Å²) in [5, 5.41) is 7.35. The van der Waals surface area contributed by atoms with Crippen LogP contribution in [0.2, 0.25) is 0 Å². The Labute approximate surface area is 173 Å². The fourth-order valence-electron chi connectivity index (χ4n) is 3.28. The van der Waals surface area contributed by atoms with E-state index in [1.165, 1.54) is 12.1 Å². The molecule has 1 N–H and O–H groups in total. The van der Waals surface area contributed by atoms with Gasteiger partial charge < -0.3 is 10.1 Å². The third-order valence-electron chi connectivity index (χ3n) is 5.12. The topological polar surface area (TPSA) is 73.2 Å². The maximum atomic E-state index is 13.3. The van der Waals surface area contributed by atoms with E-state index in [-0.39, 0.29) is 29.9 Å². The largest absolute Gasteiger partial charge is 0.452 e. The first-order chi connectivity index (χ1) is 14.5. The molecule has 1 heterocycles. The van der Waals surface area contributed by atoms with E-state index in [0.29, 0.717) is 17.2 Å². The van der Waals surface area contributed by atoms with Crippen molar-refractivity contribution >= 4 is 11.9 Å². The molecule has 1 saturated carbocycles. The van der Waals surface area contributed by atoms with E-state index in [9.17, 15) is 14.0 Å². The number of nitrogens with one attached hydrogen (secondary N) is 1. The minimum Gasteiger partial charge on any atom is -0.452 e. The number of amides is 1. The Kier molecular flexibility index (Phi) is 5.61. The first kappa shape index (κ1) is 19.8. The summed E-state index contributed by atoms with van der Waals surface area (Å²) >= 11 is 0. The molecule has 6 nitrogen and oxygen atoms in total. The molecule has 1 aliphatic rings. The molecule has 1 aromatic heterocycles. The molecule has 30 heavy (non-hydrogen) atoms. The first-order valence-corrected chi connectivity index (χ1v) is 9.89. The third-order valence-corrected chi connectivity index (χ3v) is 5.12. The number of rotatable bonds is 7. The summed E-state index contributed by atoms with van der Waals surface area (Å²) in [6, 6.07) is 15.1. The number of halogens is 1. The van der Waals surface area contributed by atoms with Gasteiger partial charge in [0.05, 0.1) is 5.69 Å². The monoisotopic (exact) mass is 407 g/mol. The average molecular weight is 407 g/mol. The summed E-state index contributed by atoms with van der Waals surface area (Å²) < 4.78 is 20.2. The average Bonchev–Trinajstić information content (AvgIpc) is 3.52. The number of aromatic nitrogens is 2. The van der Waals surface area contributed by atoms with Crippen LogP contribution in [0.5, 0.6) is 0 Å². The van der Waals surface area contributed by atoms with Crippen LogP contribution in [0.15, 0.2) is 60.8 Å². The number of carbonyl (C=O) groups is 2. The summed E-state index contributed by atoms with van der Waals surface area (Å²) in [4.78, 5) is 24.8. The lowest BCUT2D eigenvalue weighted by Crippen LogP contribution is -2.37. The Morgan fingerprint density at radius 2 is 1.87 bits per heavy atom. The van der Waals surface area contributed by atoms with E-state index in [4.69, 9.17) is 4.74 Å². The van der Waals surface area contributed by atoms with Gasteiger partial charge in [0, 0.05) is 17.8 Å². The highest BCUT2D eigenvalue weighted by atomic mass is 19.1. The molecule has 3 aromatic rings. The van der Waals surface area contributed by atoms with Gasteiger partial charge in [0.25, 0.3) is 5.91 Å². The zero-order valence-electron chi connectivity index (χ0n) is 16.5. The maximum absolute atomic E-state index is 13.3. The van der Waals surface area contributed by atoms with Crippen LogP contribution in [-0.4, -0.2) is 34.3 Å². The van der Waals surface area contributed by atoms with Crippen molar-refractivity contribution in [3.05, 3.63) is 72.2 Å². The lowest BCUT2D eigenvalue weighted by Gasteiger charge is -2.12. The van der Waals surface area contributed by atoms with E-state index in [2.05, 4.69) is 10.4 Å². The second-order valence-corrected chi connectivity index (χ2v) is 7.45. The minimum atomic E-state index is -0.661. The van der Waals surface area contributed by atoms with Crippen LogP contribution in [0.3, 0.4) is 0 Å². The second kappa shape index (κ2) is 8.49. The van der Waals surface area contributed by atoms with Crippen LogP contribution in [-0.2, 0) is 9.53 Å². The number of benzene rings is 2. The lowest BCUT2D eigenvalue weighted by atomic mass is 10.1. The molecule has 154 valence electrons. The Balaban J connectivity index is 1.55. The SMILES string of the molecule is C[C@H](NC(=O)COC(=O)c1cn(-c2ccccc2)nc1-c1ccc(F)cc1)C1CC1. The Hall–Kier alpha value is -3.48. The van der Waals surface area contributed by atoms with Crippen molar-refractivity contribution in [3.63, 3.8) is 0 Å². The van der Waals surface area contributed by atoms with Crippen molar-refractivity contribution in [3.8, 4) is 16.9 Å². The summed E-state index contributed by atoms with van der Waals surface area (Å²) in [6.45, 7) is 1.59. The number of esters is 1. The molecular weight excluding hydrogens is 385 g/mol. The van der Waals surface area contributed by atoms with Crippen molar-refractivity contribution in [1.82, 2.24) is 15.1 Å². The molecule has 0 unspecified atom stereocenters. The van der Waals surface area contributed by atoms with Crippen LogP contribution in [0.4, 0.5) is 4.39 Å². The summed E-state index contributed by atoms with van der Waals surface area (Å²) in [6.07, 6.45) is 3.78.